The van der Waals surface area contributed by atoms with E-state index in [1.165, 1.54) is 19.3 Å². The van der Waals surface area contributed by atoms with Gasteiger partial charge in [-0.1, -0.05) is 13.3 Å². The molecule has 2 heterocycles. The molecule has 0 aliphatic carbocycles. The number of hydrogen-bond acceptors (Lipinski definition) is 4. The topological polar surface area (TPSA) is 52.5 Å². The number of piperidine rings is 1. The summed E-state index contributed by atoms with van der Waals surface area (Å²) in [5, 5.41) is 8.00. The molecule has 1 aliphatic rings. The van der Waals surface area contributed by atoms with E-state index in [2.05, 4.69) is 32.4 Å². The predicted molar refractivity (Wildman–Crippen MR) is 110 cm³/mol. The Morgan fingerprint density at radius 3 is 2.77 bits per heavy atom. The van der Waals surface area contributed by atoms with Crippen molar-refractivity contribution in [1.82, 2.24) is 20.5 Å². The average molecular weight is 505 g/mol. The number of likely N-dealkylation sites (tertiary alicyclic amines) is 1. The summed E-state index contributed by atoms with van der Waals surface area (Å²) in [6.45, 7) is 5.68. The van der Waals surface area contributed by atoms with Crippen LogP contribution < -0.4 is 10.6 Å². The van der Waals surface area contributed by atoms with E-state index in [0.717, 1.165) is 36.4 Å². The van der Waals surface area contributed by atoms with Gasteiger partial charge in [-0.25, -0.2) is 4.98 Å². The minimum Gasteiger partial charge on any atom is -0.356 e. The predicted octanol–water partition coefficient (Wildman–Crippen LogP) is 3.36. The van der Waals surface area contributed by atoms with E-state index in [1.807, 2.05) is 0 Å². The van der Waals surface area contributed by atoms with Crippen LogP contribution in [0, 0.1) is 0 Å². The number of guanidine groups is 1. The van der Waals surface area contributed by atoms with E-state index in [0.29, 0.717) is 30.0 Å². The molecular weight excluding hydrogens is 478 g/mol. The Balaban J connectivity index is 0.00000338. The molecule has 150 valence electrons. The molecule has 1 unspecified atom stereocenters. The second-order valence-corrected chi connectivity index (χ2v) is 6.97. The summed E-state index contributed by atoms with van der Waals surface area (Å²) in [6, 6.07) is 0.505. The molecule has 0 aromatic carbocycles. The van der Waals surface area contributed by atoms with E-state index in [9.17, 15) is 13.2 Å². The highest BCUT2D eigenvalue weighted by atomic mass is 127. The zero-order valence-electron chi connectivity index (χ0n) is 15.1. The SMILES string of the molecule is CCN1CCCCC1CNC(=NC)NCCc1nc(C(F)(F)F)cs1.I. The van der Waals surface area contributed by atoms with Gasteiger partial charge in [-0.15, -0.1) is 35.3 Å². The van der Waals surface area contributed by atoms with Gasteiger partial charge in [0.25, 0.3) is 0 Å². The number of nitrogens with zero attached hydrogens (tertiary/aromatic N) is 3. The van der Waals surface area contributed by atoms with E-state index in [1.54, 1.807) is 7.05 Å². The molecule has 26 heavy (non-hydrogen) atoms. The third kappa shape index (κ3) is 7.18. The Kier molecular flexibility index (Phi) is 10.2. The third-order valence-corrected chi connectivity index (χ3v) is 5.27. The van der Waals surface area contributed by atoms with Crippen LogP contribution in [0.5, 0.6) is 0 Å². The van der Waals surface area contributed by atoms with Gasteiger partial charge in [-0.3, -0.25) is 9.89 Å². The highest BCUT2D eigenvalue weighted by Gasteiger charge is 2.33. The van der Waals surface area contributed by atoms with Crippen LogP contribution in [0.4, 0.5) is 13.2 Å². The van der Waals surface area contributed by atoms with Crippen molar-refractivity contribution in [2.45, 2.75) is 44.8 Å². The summed E-state index contributed by atoms with van der Waals surface area (Å²) in [5.41, 5.74) is -0.813. The van der Waals surface area contributed by atoms with Crippen molar-refractivity contribution in [2.75, 3.05) is 33.2 Å². The second kappa shape index (κ2) is 11.3. The minimum absolute atomic E-state index is 0. The van der Waals surface area contributed by atoms with Crippen LogP contribution in [-0.4, -0.2) is 55.1 Å². The van der Waals surface area contributed by atoms with Crippen LogP contribution in [0.3, 0.4) is 0 Å². The van der Waals surface area contributed by atoms with Crippen molar-refractivity contribution in [3.8, 4) is 0 Å². The summed E-state index contributed by atoms with van der Waals surface area (Å²) in [5.74, 6) is 0.675. The molecule has 1 fully saturated rings. The highest BCUT2D eigenvalue weighted by molar-refractivity contribution is 14.0. The van der Waals surface area contributed by atoms with E-state index in [-0.39, 0.29) is 24.0 Å². The Hall–Kier alpha value is -0.620. The summed E-state index contributed by atoms with van der Waals surface area (Å²) in [7, 11) is 1.69. The molecule has 2 rings (SSSR count). The van der Waals surface area contributed by atoms with Crippen molar-refractivity contribution in [1.29, 1.82) is 0 Å². The fraction of sp³-hybridized carbons (Fsp3) is 0.750. The molecule has 1 saturated heterocycles. The lowest BCUT2D eigenvalue weighted by Gasteiger charge is -2.35. The smallest absolute Gasteiger partial charge is 0.356 e. The number of nitrogens with one attached hydrogen (secondary N) is 2. The van der Waals surface area contributed by atoms with Gasteiger partial charge in [0, 0.05) is 38.0 Å². The van der Waals surface area contributed by atoms with Gasteiger partial charge in [-0.2, -0.15) is 13.2 Å². The first-order valence-corrected chi connectivity index (χ1v) is 9.52. The molecule has 0 saturated carbocycles. The van der Waals surface area contributed by atoms with Crippen LogP contribution >= 0.6 is 35.3 Å². The first-order valence-electron chi connectivity index (χ1n) is 8.64. The summed E-state index contributed by atoms with van der Waals surface area (Å²) in [4.78, 5) is 10.3. The Morgan fingerprint density at radius 1 is 1.38 bits per heavy atom. The number of thiazole rings is 1. The van der Waals surface area contributed by atoms with Crippen molar-refractivity contribution < 1.29 is 13.2 Å². The van der Waals surface area contributed by atoms with Gasteiger partial charge in [0.2, 0.25) is 0 Å². The zero-order chi connectivity index (χ0) is 18.3. The van der Waals surface area contributed by atoms with Crippen LogP contribution in [0.2, 0.25) is 0 Å². The minimum atomic E-state index is -4.37. The van der Waals surface area contributed by atoms with Crippen molar-refractivity contribution in [3.05, 3.63) is 16.1 Å². The maximum absolute atomic E-state index is 12.5. The first kappa shape index (κ1) is 23.4. The molecule has 0 amide bonds. The van der Waals surface area contributed by atoms with Crippen LogP contribution in [-0.2, 0) is 12.6 Å². The zero-order valence-corrected chi connectivity index (χ0v) is 18.3. The molecule has 5 nitrogen and oxygen atoms in total. The quantitative estimate of drug-likeness (QED) is 0.354. The molecule has 0 spiro atoms. The molecule has 10 heteroatoms. The van der Waals surface area contributed by atoms with Gasteiger partial charge < -0.3 is 10.6 Å². The number of likely N-dealkylation sites (N-methyl/N-ethyl adjacent to an activating group) is 1. The van der Waals surface area contributed by atoms with Crippen LogP contribution in [0.1, 0.15) is 36.9 Å². The lowest BCUT2D eigenvalue weighted by molar-refractivity contribution is -0.140. The first-order chi connectivity index (χ1) is 11.9. The van der Waals surface area contributed by atoms with Crippen LogP contribution in [0.15, 0.2) is 10.4 Å². The van der Waals surface area contributed by atoms with E-state index in [4.69, 9.17) is 0 Å². The number of hydrogen-bond donors (Lipinski definition) is 2. The normalized spacial score (nSPS) is 19.1. The summed E-state index contributed by atoms with van der Waals surface area (Å²) < 4.78 is 37.6. The monoisotopic (exact) mass is 505 g/mol. The van der Waals surface area contributed by atoms with Gasteiger partial charge in [-0.05, 0) is 25.9 Å². The van der Waals surface area contributed by atoms with Gasteiger partial charge in [0.05, 0.1) is 5.01 Å². The van der Waals surface area contributed by atoms with Crippen molar-refractivity contribution in [2.24, 2.45) is 4.99 Å². The Morgan fingerprint density at radius 2 is 2.15 bits per heavy atom. The highest BCUT2D eigenvalue weighted by Crippen LogP contribution is 2.30. The number of rotatable bonds is 6. The number of aliphatic imine (C=N–C) groups is 1. The molecule has 1 aromatic rings. The lowest BCUT2D eigenvalue weighted by atomic mass is 10.0. The van der Waals surface area contributed by atoms with Crippen LogP contribution in [0.25, 0.3) is 0 Å². The Labute approximate surface area is 173 Å². The largest absolute Gasteiger partial charge is 0.434 e. The fourth-order valence-corrected chi connectivity index (χ4v) is 3.79. The van der Waals surface area contributed by atoms with Gasteiger partial charge in [0.1, 0.15) is 0 Å². The molecule has 0 radical (unpaired) electrons. The summed E-state index contributed by atoms with van der Waals surface area (Å²) >= 11 is 1.04. The number of aromatic nitrogens is 1. The molecule has 1 atom stereocenters. The van der Waals surface area contributed by atoms with Crippen molar-refractivity contribution >= 4 is 41.3 Å². The number of alkyl halides is 3. The summed E-state index contributed by atoms with van der Waals surface area (Å²) in [6.07, 6.45) is -0.250. The average Bonchev–Trinajstić information content (AvgIpc) is 3.07. The van der Waals surface area contributed by atoms with Crippen molar-refractivity contribution in [3.63, 3.8) is 0 Å². The molecular formula is C16H27F3IN5S. The third-order valence-electron chi connectivity index (χ3n) is 4.36. The Bertz CT molecular complexity index is 564. The molecule has 2 N–H and O–H groups in total. The fourth-order valence-electron chi connectivity index (χ4n) is 2.99. The molecule has 0 bridgehead atoms. The maximum atomic E-state index is 12.5. The van der Waals surface area contributed by atoms with Gasteiger partial charge >= 0.3 is 6.18 Å². The number of halogens is 4. The van der Waals surface area contributed by atoms with E-state index < -0.39 is 11.9 Å². The maximum Gasteiger partial charge on any atom is 0.434 e. The standard InChI is InChI=1S/C16H26F3N5S.HI/c1-3-24-9-5-4-6-12(24)10-22-15(20-2)21-8-7-14-23-13(11-25-14)16(17,18)19;/h11-12H,3-10H2,1-2H3,(H2,20,21,22);1H. The van der Waals surface area contributed by atoms with Gasteiger partial charge in [0.15, 0.2) is 11.7 Å². The lowest BCUT2D eigenvalue weighted by Crippen LogP contribution is -2.49. The molecule has 1 aliphatic heterocycles. The second-order valence-electron chi connectivity index (χ2n) is 6.03. The van der Waals surface area contributed by atoms with E-state index >= 15 is 0 Å². The molecule has 1 aromatic heterocycles.